The molecule has 1 aromatic rings. The lowest BCUT2D eigenvalue weighted by Gasteiger charge is -2.30. The number of aliphatic hydroxyl groups excluding tert-OH is 1. The van der Waals surface area contributed by atoms with Crippen molar-refractivity contribution < 1.29 is 14.6 Å². The summed E-state index contributed by atoms with van der Waals surface area (Å²) < 4.78 is 6.06. The summed E-state index contributed by atoms with van der Waals surface area (Å²) in [6.07, 6.45) is 8.43. The topological polar surface area (TPSA) is 49.8 Å². The third kappa shape index (κ3) is 8.33. The number of carbonyl (C=O) groups is 1. The first-order chi connectivity index (χ1) is 15.1. The minimum absolute atomic E-state index is 0.0178. The molecule has 0 unspecified atom stereocenters. The number of unbranched alkanes of at least 4 members (excludes halogenated alkanes) is 4. The second-order valence-electron chi connectivity index (χ2n) is 8.09. The number of carbonyl (C=O) groups excluding carboxylic acids is 1. The highest BCUT2D eigenvalue weighted by molar-refractivity contribution is 8.23. The van der Waals surface area contributed by atoms with Crippen LogP contribution in [0.4, 0.5) is 0 Å². The highest BCUT2D eigenvalue weighted by atomic mass is 32.2. The van der Waals surface area contributed by atoms with Crippen molar-refractivity contribution in [1.29, 1.82) is 0 Å². The van der Waals surface area contributed by atoms with E-state index in [0.29, 0.717) is 30.4 Å². The van der Waals surface area contributed by atoms with E-state index in [1.54, 1.807) is 22.7 Å². The van der Waals surface area contributed by atoms with Crippen LogP contribution in [0, 0.1) is 5.92 Å². The molecule has 0 saturated carbocycles. The van der Waals surface area contributed by atoms with Crippen LogP contribution in [0.25, 0.3) is 0 Å². The summed E-state index contributed by atoms with van der Waals surface area (Å²) in [6.45, 7) is 7.02. The van der Waals surface area contributed by atoms with Crippen LogP contribution < -0.4 is 0 Å². The van der Waals surface area contributed by atoms with Gasteiger partial charge in [-0.15, -0.1) is 6.58 Å². The standard InChI is InChI=1S/C25H37NO3S2/c1-3-5-6-10-15-21(23(27)16-11-12-18-29-17-4-2)24(28)26-22(19-31-25(26)30)20-13-8-7-9-14-20/h4,7-9,13-14,21-23,27H,2-3,5-6,10-12,15-19H2,1H3/t21-,22+,23+/m1/s1. The van der Waals surface area contributed by atoms with Gasteiger partial charge in [-0.2, -0.15) is 0 Å². The molecule has 31 heavy (non-hydrogen) atoms. The molecule has 1 amide bonds. The minimum atomic E-state index is -0.654. The number of thioether (sulfide) groups is 1. The first-order valence-corrected chi connectivity index (χ1v) is 12.9. The molecule has 1 fully saturated rings. The fourth-order valence-electron chi connectivity index (χ4n) is 3.96. The number of amides is 1. The number of aliphatic hydroxyl groups is 1. The Hall–Kier alpha value is -1.21. The van der Waals surface area contributed by atoms with Crippen LogP contribution in [0.15, 0.2) is 43.0 Å². The van der Waals surface area contributed by atoms with Crippen molar-refractivity contribution in [2.24, 2.45) is 5.92 Å². The van der Waals surface area contributed by atoms with E-state index in [0.717, 1.165) is 49.8 Å². The Labute approximate surface area is 197 Å². The normalized spacial score (nSPS) is 18.2. The van der Waals surface area contributed by atoms with Gasteiger partial charge in [0.25, 0.3) is 0 Å². The summed E-state index contributed by atoms with van der Waals surface area (Å²) in [5, 5.41) is 11.0. The van der Waals surface area contributed by atoms with Gasteiger partial charge in [0.1, 0.15) is 4.32 Å². The highest BCUT2D eigenvalue weighted by Gasteiger charge is 2.40. The summed E-state index contributed by atoms with van der Waals surface area (Å²) in [5.41, 5.74) is 1.10. The Bertz CT molecular complexity index is 683. The van der Waals surface area contributed by atoms with Crippen molar-refractivity contribution in [3.05, 3.63) is 48.6 Å². The van der Waals surface area contributed by atoms with Crippen LogP contribution in [0.1, 0.15) is 69.9 Å². The fourth-order valence-corrected chi connectivity index (χ4v) is 5.38. The number of rotatable bonds is 15. The number of ether oxygens (including phenoxy) is 1. The molecular weight excluding hydrogens is 426 g/mol. The van der Waals surface area contributed by atoms with E-state index >= 15 is 0 Å². The summed E-state index contributed by atoms with van der Waals surface area (Å²) in [7, 11) is 0. The molecule has 0 radical (unpaired) electrons. The Morgan fingerprint density at radius 1 is 1.26 bits per heavy atom. The second kappa shape index (κ2) is 14.8. The summed E-state index contributed by atoms with van der Waals surface area (Å²) in [5.74, 6) is 0.345. The maximum Gasteiger partial charge on any atom is 0.234 e. The zero-order chi connectivity index (χ0) is 22.5. The average molecular weight is 464 g/mol. The summed E-state index contributed by atoms with van der Waals surface area (Å²) >= 11 is 7.12. The van der Waals surface area contributed by atoms with E-state index < -0.39 is 12.0 Å². The highest BCUT2D eigenvalue weighted by Crippen LogP contribution is 2.37. The van der Waals surface area contributed by atoms with Crippen molar-refractivity contribution in [3.63, 3.8) is 0 Å². The lowest BCUT2D eigenvalue weighted by atomic mass is 9.90. The molecule has 2 rings (SSSR count). The van der Waals surface area contributed by atoms with Gasteiger partial charge in [0.05, 0.1) is 24.7 Å². The molecule has 1 aliphatic rings. The lowest BCUT2D eigenvalue weighted by Crippen LogP contribution is -2.42. The smallest absolute Gasteiger partial charge is 0.234 e. The maximum absolute atomic E-state index is 13.6. The maximum atomic E-state index is 13.6. The Kier molecular flexibility index (Phi) is 12.4. The van der Waals surface area contributed by atoms with Crippen LogP contribution in [0.2, 0.25) is 0 Å². The fraction of sp³-hybridized carbons (Fsp3) is 0.600. The van der Waals surface area contributed by atoms with Crippen LogP contribution in [-0.4, -0.2) is 45.3 Å². The Balaban J connectivity index is 2.05. The second-order valence-corrected chi connectivity index (χ2v) is 9.75. The Morgan fingerprint density at radius 3 is 2.71 bits per heavy atom. The average Bonchev–Trinajstić information content (AvgIpc) is 3.17. The summed E-state index contributed by atoms with van der Waals surface area (Å²) in [6, 6.07) is 10.0. The van der Waals surface area contributed by atoms with E-state index in [1.165, 1.54) is 0 Å². The molecule has 0 aliphatic carbocycles. The number of nitrogens with zero attached hydrogens (tertiary/aromatic N) is 1. The van der Waals surface area contributed by atoms with Crippen molar-refractivity contribution in [1.82, 2.24) is 4.90 Å². The van der Waals surface area contributed by atoms with E-state index in [9.17, 15) is 9.90 Å². The molecule has 1 saturated heterocycles. The predicted octanol–water partition coefficient (Wildman–Crippen LogP) is 5.91. The molecule has 4 nitrogen and oxygen atoms in total. The van der Waals surface area contributed by atoms with E-state index in [2.05, 4.69) is 25.6 Å². The molecule has 6 heteroatoms. The molecule has 1 aliphatic heterocycles. The minimum Gasteiger partial charge on any atom is -0.392 e. The van der Waals surface area contributed by atoms with Crippen molar-refractivity contribution in [3.8, 4) is 0 Å². The van der Waals surface area contributed by atoms with Crippen LogP contribution in [-0.2, 0) is 9.53 Å². The van der Waals surface area contributed by atoms with Gasteiger partial charge in [-0.1, -0.05) is 93.0 Å². The first-order valence-electron chi connectivity index (χ1n) is 11.5. The molecule has 172 valence electrons. The SMILES string of the molecule is C=CCOCCCC[C@H](O)[C@@H](CCCCCC)C(=O)N1C(=S)SC[C@H]1c1ccccc1. The van der Waals surface area contributed by atoms with Gasteiger partial charge in [-0.25, -0.2) is 0 Å². The van der Waals surface area contributed by atoms with Gasteiger partial charge in [0.15, 0.2) is 0 Å². The largest absolute Gasteiger partial charge is 0.392 e. The lowest BCUT2D eigenvalue weighted by molar-refractivity contribution is -0.137. The molecule has 1 aromatic carbocycles. The third-order valence-corrected chi connectivity index (χ3v) is 7.20. The van der Waals surface area contributed by atoms with E-state index in [1.807, 2.05) is 18.2 Å². The van der Waals surface area contributed by atoms with Crippen molar-refractivity contribution >= 4 is 34.2 Å². The van der Waals surface area contributed by atoms with Crippen LogP contribution in [0.5, 0.6) is 0 Å². The van der Waals surface area contributed by atoms with Gasteiger partial charge in [-0.05, 0) is 31.2 Å². The third-order valence-electron chi connectivity index (χ3n) is 5.72. The van der Waals surface area contributed by atoms with Gasteiger partial charge >= 0.3 is 0 Å². The van der Waals surface area contributed by atoms with E-state index in [-0.39, 0.29) is 11.9 Å². The van der Waals surface area contributed by atoms with Crippen molar-refractivity contribution in [2.75, 3.05) is 19.0 Å². The predicted molar refractivity (Wildman–Crippen MR) is 134 cm³/mol. The van der Waals surface area contributed by atoms with Crippen LogP contribution >= 0.6 is 24.0 Å². The Morgan fingerprint density at radius 2 is 2.00 bits per heavy atom. The molecule has 1 heterocycles. The zero-order valence-electron chi connectivity index (χ0n) is 18.7. The number of hydrogen-bond donors (Lipinski definition) is 1. The molecule has 3 atom stereocenters. The molecular formula is C25H37NO3S2. The van der Waals surface area contributed by atoms with E-state index in [4.69, 9.17) is 17.0 Å². The van der Waals surface area contributed by atoms with Crippen molar-refractivity contribution in [2.45, 2.75) is 70.4 Å². The van der Waals surface area contributed by atoms with Gasteiger partial charge in [0.2, 0.25) is 5.91 Å². The molecule has 1 N–H and O–H groups in total. The monoisotopic (exact) mass is 463 g/mol. The molecule has 0 aromatic heterocycles. The summed E-state index contributed by atoms with van der Waals surface area (Å²) in [4.78, 5) is 15.4. The quantitative estimate of drug-likeness (QED) is 0.199. The van der Waals surface area contributed by atoms with Crippen LogP contribution in [0.3, 0.4) is 0 Å². The van der Waals surface area contributed by atoms with Gasteiger partial charge in [0, 0.05) is 12.4 Å². The zero-order valence-corrected chi connectivity index (χ0v) is 20.3. The van der Waals surface area contributed by atoms with Gasteiger partial charge < -0.3 is 9.84 Å². The molecule has 0 bridgehead atoms. The number of hydrogen-bond acceptors (Lipinski definition) is 5. The van der Waals surface area contributed by atoms with Gasteiger partial charge in [-0.3, -0.25) is 9.69 Å². The number of thiocarbonyl (C=S) groups is 1. The molecule has 0 spiro atoms. The number of benzene rings is 1. The first kappa shape index (κ1) is 26.0.